The van der Waals surface area contributed by atoms with Crippen LogP contribution in [0.3, 0.4) is 0 Å². The number of rotatable bonds is 5. The summed E-state index contributed by atoms with van der Waals surface area (Å²) in [5.41, 5.74) is 2.78. The van der Waals surface area contributed by atoms with Gasteiger partial charge in [0.2, 0.25) is 5.91 Å². The Morgan fingerprint density at radius 1 is 1.08 bits per heavy atom. The normalized spacial score (nSPS) is 18.9. The van der Waals surface area contributed by atoms with Gasteiger partial charge in [-0.05, 0) is 49.4 Å². The highest BCUT2D eigenvalue weighted by Gasteiger charge is 2.45. The van der Waals surface area contributed by atoms with Crippen LogP contribution >= 0.6 is 22.9 Å². The zero-order valence-corrected chi connectivity index (χ0v) is 24.2. The molecule has 6 rings (SSSR count). The fraction of sp³-hybridized carbons (Fsp3) is 0.448. The predicted molar refractivity (Wildman–Crippen MR) is 158 cm³/mol. The van der Waals surface area contributed by atoms with E-state index in [2.05, 4.69) is 50.5 Å². The molecule has 0 atom stereocenters. The first-order valence-corrected chi connectivity index (χ1v) is 16.1. The van der Waals surface area contributed by atoms with Crippen molar-refractivity contribution in [1.29, 1.82) is 5.26 Å². The minimum absolute atomic E-state index is 0.115. The summed E-state index contributed by atoms with van der Waals surface area (Å²) >= 11 is 7.64. The topological polar surface area (TPSA) is 99.0 Å². The maximum absolute atomic E-state index is 11.8. The molecule has 0 bridgehead atoms. The molecular weight excluding hydrogens is 550 g/mol. The first kappa shape index (κ1) is 27.8. The second kappa shape index (κ2) is 12.6. The Bertz CT molecular complexity index is 1350. The fourth-order valence-electron chi connectivity index (χ4n) is 4.89. The van der Waals surface area contributed by atoms with Crippen LogP contribution in [0.25, 0.3) is 21.0 Å². The molecule has 3 fully saturated rings. The number of nitrogens with zero attached hydrogens (tertiary/aromatic N) is 4. The zero-order valence-electron chi connectivity index (χ0n) is 21.8. The van der Waals surface area contributed by atoms with Crippen LogP contribution in [0.4, 0.5) is 5.69 Å². The van der Waals surface area contributed by atoms with Gasteiger partial charge in [-0.25, -0.2) is 4.98 Å². The molecule has 1 amide bonds. The molecule has 2 saturated carbocycles. The van der Waals surface area contributed by atoms with Gasteiger partial charge in [0.15, 0.2) is 0 Å². The van der Waals surface area contributed by atoms with Gasteiger partial charge in [-0.2, -0.15) is 5.26 Å². The molecule has 3 heterocycles. The molecule has 0 spiro atoms. The summed E-state index contributed by atoms with van der Waals surface area (Å²) in [6, 6.07) is 12.6. The first-order chi connectivity index (χ1) is 18.9. The number of hydrogen-bond donors (Lipinski definition) is 1. The van der Waals surface area contributed by atoms with E-state index in [1.165, 1.54) is 12.1 Å². The number of carbonyl (C=O) groups is 1. The van der Waals surface area contributed by atoms with Crippen LogP contribution in [0.2, 0.25) is 5.02 Å². The number of nitrogens with one attached hydrogen (secondary N) is 1. The number of amides is 1. The molecule has 1 saturated heterocycles. The molecule has 204 valence electrons. The molecular formula is C29H32ClN5O2S2. The highest BCUT2D eigenvalue weighted by molar-refractivity contribution is 7.85. The number of aromatic nitrogens is 2. The SMILES string of the molecule is N#CC1(NC(=O)C2CCCCC2)CC1.O=S1CCN(c2ccc(-c3cnc(-c4cncc(Cl)c4)s3)cc2)CC1. The largest absolute Gasteiger partial charge is 0.370 e. The first-order valence-electron chi connectivity index (χ1n) is 13.5. The highest BCUT2D eigenvalue weighted by Crippen LogP contribution is 2.36. The Morgan fingerprint density at radius 2 is 1.79 bits per heavy atom. The van der Waals surface area contributed by atoms with Gasteiger partial charge in [0.05, 0.1) is 16.0 Å². The molecule has 0 radical (unpaired) electrons. The van der Waals surface area contributed by atoms with Crippen molar-refractivity contribution >= 4 is 45.3 Å². The van der Waals surface area contributed by atoms with Gasteiger partial charge in [0.1, 0.15) is 10.5 Å². The third-order valence-corrected chi connectivity index (χ3v) is 10.0. The maximum atomic E-state index is 11.8. The van der Waals surface area contributed by atoms with Crippen LogP contribution in [-0.4, -0.2) is 50.2 Å². The van der Waals surface area contributed by atoms with Crippen molar-refractivity contribution in [1.82, 2.24) is 15.3 Å². The summed E-state index contributed by atoms with van der Waals surface area (Å²) in [6.45, 7) is 1.72. The van der Waals surface area contributed by atoms with Crippen LogP contribution in [0.1, 0.15) is 44.9 Å². The van der Waals surface area contributed by atoms with Crippen molar-refractivity contribution in [3.8, 4) is 27.1 Å². The maximum Gasteiger partial charge on any atom is 0.224 e. The third-order valence-electron chi connectivity index (χ3n) is 7.45. The van der Waals surface area contributed by atoms with Gasteiger partial charge in [0.25, 0.3) is 0 Å². The number of pyridine rings is 1. The monoisotopic (exact) mass is 581 g/mol. The number of nitriles is 1. The lowest BCUT2D eigenvalue weighted by Crippen LogP contribution is -2.40. The average molecular weight is 582 g/mol. The van der Waals surface area contributed by atoms with E-state index in [4.69, 9.17) is 16.9 Å². The molecule has 0 unspecified atom stereocenters. The zero-order chi connectivity index (χ0) is 27.2. The summed E-state index contributed by atoms with van der Waals surface area (Å²) in [7, 11) is -0.649. The smallest absolute Gasteiger partial charge is 0.224 e. The molecule has 1 aromatic carbocycles. The van der Waals surface area contributed by atoms with Crippen LogP contribution in [-0.2, 0) is 15.6 Å². The van der Waals surface area contributed by atoms with Gasteiger partial charge in [-0.3, -0.25) is 14.0 Å². The second-order valence-electron chi connectivity index (χ2n) is 10.3. The molecule has 10 heteroatoms. The van der Waals surface area contributed by atoms with E-state index in [1.54, 1.807) is 23.7 Å². The highest BCUT2D eigenvalue weighted by atomic mass is 35.5. The predicted octanol–water partition coefficient (Wildman–Crippen LogP) is 5.83. The second-order valence-corrected chi connectivity index (χ2v) is 13.5. The van der Waals surface area contributed by atoms with Crippen molar-refractivity contribution in [3.63, 3.8) is 0 Å². The van der Waals surface area contributed by atoms with Gasteiger partial charge in [0, 0.05) is 71.2 Å². The van der Waals surface area contributed by atoms with E-state index in [0.717, 1.165) is 84.1 Å². The standard InChI is InChI=1S/C18H16ClN3OS2.C11H16N2O/c19-15-9-14(10-20-11-15)18-21-12-17(24-18)13-1-3-16(4-2-13)22-5-7-25(23)8-6-22;12-8-11(6-7-11)13-10(14)9-4-2-1-3-5-9/h1-4,9-12H,5-8H2;9H,1-7H2,(H,13,14). The Kier molecular flexibility index (Phi) is 8.96. The Morgan fingerprint density at radius 3 is 2.44 bits per heavy atom. The third kappa shape index (κ3) is 7.24. The van der Waals surface area contributed by atoms with Crippen LogP contribution < -0.4 is 10.2 Å². The quantitative estimate of drug-likeness (QED) is 0.407. The summed E-state index contributed by atoms with van der Waals surface area (Å²) in [4.78, 5) is 23.8. The van der Waals surface area contributed by atoms with Crippen molar-refractivity contribution in [2.24, 2.45) is 5.92 Å². The number of anilines is 1. The molecule has 3 aromatic rings. The lowest BCUT2D eigenvalue weighted by molar-refractivity contribution is -0.126. The van der Waals surface area contributed by atoms with Gasteiger partial charge < -0.3 is 10.2 Å². The number of halogens is 1. The molecule has 3 aliphatic rings. The lowest BCUT2D eigenvalue weighted by atomic mass is 9.88. The summed E-state index contributed by atoms with van der Waals surface area (Å²) in [5, 5.41) is 13.2. The Balaban J connectivity index is 0.000000186. The average Bonchev–Trinajstić information content (AvgIpc) is 3.57. The van der Waals surface area contributed by atoms with Crippen LogP contribution in [0.15, 0.2) is 48.9 Å². The molecule has 7 nitrogen and oxygen atoms in total. The van der Waals surface area contributed by atoms with Gasteiger partial charge >= 0.3 is 0 Å². The molecule has 2 aromatic heterocycles. The molecule has 1 N–H and O–H groups in total. The van der Waals surface area contributed by atoms with E-state index in [-0.39, 0.29) is 11.8 Å². The van der Waals surface area contributed by atoms with Gasteiger partial charge in [-0.15, -0.1) is 11.3 Å². The number of carbonyl (C=O) groups excluding carboxylic acids is 1. The summed E-state index contributed by atoms with van der Waals surface area (Å²) in [6.07, 6.45) is 12.6. The van der Waals surface area contributed by atoms with Crippen LogP contribution in [0, 0.1) is 17.2 Å². The number of hydrogen-bond acceptors (Lipinski definition) is 7. The number of thiazole rings is 1. The van der Waals surface area contributed by atoms with E-state index >= 15 is 0 Å². The minimum atomic E-state index is -0.649. The minimum Gasteiger partial charge on any atom is -0.370 e. The Labute approximate surface area is 241 Å². The Hall–Kier alpha value is -2.80. The lowest BCUT2D eigenvalue weighted by Gasteiger charge is -2.28. The van der Waals surface area contributed by atoms with Crippen molar-refractivity contribution in [2.45, 2.75) is 50.5 Å². The van der Waals surface area contributed by atoms with E-state index in [0.29, 0.717) is 5.02 Å². The molecule has 39 heavy (non-hydrogen) atoms. The van der Waals surface area contributed by atoms with Crippen LogP contribution in [0.5, 0.6) is 0 Å². The molecule has 2 aliphatic carbocycles. The summed E-state index contributed by atoms with van der Waals surface area (Å²) < 4.78 is 11.5. The van der Waals surface area contributed by atoms with Gasteiger partial charge in [-0.1, -0.05) is 43.0 Å². The van der Waals surface area contributed by atoms with Crippen molar-refractivity contribution < 1.29 is 9.00 Å². The fourth-order valence-corrected chi connectivity index (χ4v) is 7.02. The van der Waals surface area contributed by atoms with Crippen molar-refractivity contribution in [2.75, 3.05) is 29.5 Å². The number of benzene rings is 1. The van der Waals surface area contributed by atoms with E-state index < -0.39 is 16.3 Å². The van der Waals surface area contributed by atoms with E-state index in [1.807, 2.05) is 12.3 Å². The van der Waals surface area contributed by atoms with E-state index in [9.17, 15) is 9.00 Å². The molecule has 1 aliphatic heterocycles. The summed E-state index contributed by atoms with van der Waals surface area (Å²) in [5.74, 6) is 1.81. The van der Waals surface area contributed by atoms with Crippen molar-refractivity contribution in [3.05, 3.63) is 53.9 Å².